The molecule has 0 aliphatic carbocycles. The Morgan fingerprint density at radius 1 is 0.619 bits per heavy atom. The number of fused-ring (bicyclic) bond motifs is 2. The van der Waals surface area contributed by atoms with Crippen molar-refractivity contribution in [2.24, 2.45) is 10.2 Å². The minimum absolute atomic E-state index is 0.101. The van der Waals surface area contributed by atoms with Gasteiger partial charge in [-0.15, -0.1) is 0 Å². The first-order valence-electron chi connectivity index (χ1n) is 13.1. The van der Waals surface area contributed by atoms with Crippen molar-refractivity contribution in [3.63, 3.8) is 0 Å². The molecule has 5 rings (SSSR count). The van der Waals surface area contributed by atoms with E-state index in [0.717, 1.165) is 11.1 Å². The lowest BCUT2D eigenvalue weighted by molar-refractivity contribution is 0.0943. The molecule has 0 fully saturated rings. The standard InChI is InChI=1S/C32H28N6O4/c1-17-15-25-26(16-18(17)2)34-30-22(20(4)36-38-32(42)24-10-6-8-12-28(24)40)14-13-21(29(30)33-25)19(3)35-37-31(41)23-9-5-7-11-27(23)39/h5-16,39-40H,1-4H3,(H,37,41)(H,38,42)/b35-19-,36-20-. The van der Waals surface area contributed by atoms with E-state index in [1.807, 2.05) is 26.0 Å². The first-order chi connectivity index (χ1) is 20.1. The maximum Gasteiger partial charge on any atom is 0.275 e. The van der Waals surface area contributed by atoms with Gasteiger partial charge in [-0.2, -0.15) is 10.2 Å². The van der Waals surface area contributed by atoms with Gasteiger partial charge in [0.15, 0.2) is 0 Å². The van der Waals surface area contributed by atoms with Crippen molar-refractivity contribution in [1.29, 1.82) is 0 Å². The Morgan fingerprint density at radius 2 is 1.00 bits per heavy atom. The lowest BCUT2D eigenvalue weighted by Gasteiger charge is -2.13. The fraction of sp³-hybridized carbons (Fsp3) is 0.125. The maximum atomic E-state index is 12.6. The summed E-state index contributed by atoms with van der Waals surface area (Å²) in [4.78, 5) is 35.1. The van der Waals surface area contributed by atoms with Gasteiger partial charge in [0.2, 0.25) is 0 Å². The molecule has 0 aliphatic rings. The lowest BCUT2D eigenvalue weighted by atomic mass is 10.0. The minimum Gasteiger partial charge on any atom is -0.507 e. The molecule has 5 aromatic rings. The predicted molar refractivity (Wildman–Crippen MR) is 162 cm³/mol. The number of aryl methyl sites for hydroxylation is 2. The molecule has 42 heavy (non-hydrogen) atoms. The highest BCUT2D eigenvalue weighted by Crippen LogP contribution is 2.26. The molecule has 1 heterocycles. The number of benzene rings is 4. The van der Waals surface area contributed by atoms with Crippen molar-refractivity contribution in [2.45, 2.75) is 27.7 Å². The maximum absolute atomic E-state index is 12.6. The van der Waals surface area contributed by atoms with Crippen LogP contribution in [0.4, 0.5) is 0 Å². The van der Waals surface area contributed by atoms with Gasteiger partial charge >= 0.3 is 0 Å². The molecular weight excluding hydrogens is 532 g/mol. The average molecular weight is 561 g/mol. The van der Waals surface area contributed by atoms with Crippen molar-refractivity contribution >= 4 is 45.3 Å². The third kappa shape index (κ3) is 5.50. The zero-order chi connectivity index (χ0) is 30.0. The van der Waals surface area contributed by atoms with Crippen LogP contribution >= 0.6 is 0 Å². The summed E-state index contributed by atoms with van der Waals surface area (Å²) < 4.78 is 0. The Bertz CT molecular complexity index is 1810. The number of hydrogen-bond acceptors (Lipinski definition) is 8. The van der Waals surface area contributed by atoms with Crippen LogP contribution in [0.25, 0.3) is 22.1 Å². The highest BCUT2D eigenvalue weighted by Gasteiger charge is 2.17. The van der Waals surface area contributed by atoms with Gasteiger partial charge in [0.1, 0.15) is 11.5 Å². The smallest absolute Gasteiger partial charge is 0.275 e. The zero-order valence-electron chi connectivity index (χ0n) is 23.4. The molecule has 1 aromatic heterocycles. The van der Waals surface area contributed by atoms with Crippen LogP contribution in [0.5, 0.6) is 11.5 Å². The predicted octanol–water partition coefficient (Wildman–Crippen LogP) is 5.12. The van der Waals surface area contributed by atoms with E-state index in [0.29, 0.717) is 44.6 Å². The van der Waals surface area contributed by atoms with Gasteiger partial charge < -0.3 is 10.2 Å². The molecule has 0 aliphatic heterocycles. The highest BCUT2D eigenvalue weighted by molar-refractivity contribution is 6.16. The second-order valence-corrected chi connectivity index (χ2v) is 9.82. The molecule has 0 unspecified atom stereocenters. The number of nitrogens with zero attached hydrogens (tertiary/aromatic N) is 4. The van der Waals surface area contributed by atoms with Crippen LogP contribution in [-0.4, -0.2) is 43.4 Å². The van der Waals surface area contributed by atoms with E-state index in [1.54, 1.807) is 50.2 Å². The van der Waals surface area contributed by atoms with Crippen molar-refractivity contribution in [2.75, 3.05) is 0 Å². The van der Waals surface area contributed by atoms with Crippen LogP contribution in [0.15, 0.2) is 83.0 Å². The second kappa shape index (κ2) is 11.5. The third-order valence-electron chi connectivity index (χ3n) is 6.93. The SMILES string of the molecule is C/C(=N/NC(=O)c1ccccc1O)c1ccc(/C(C)=N\NC(=O)c2ccccc2O)c2nc3cc(C)c(C)cc3nc12. The Balaban J connectivity index is 1.57. The van der Waals surface area contributed by atoms with Crippen molar-refractivity contribution in [1.82, 2.24) is 20.8 Å². The molecule has 4 N–H and O–H groups in total. The van der Waals surface area contributed by atoms with Gasteiger partial charge in [-0.3, -0.25) is 9.59 Å². The van der Waals surface area contributed by atoms with Gasteiger partial charge in [-0.05, 0) is 75.2 Å². The number of hydrogen-bond donors (Lipinski definition) is 4. The number of carbonyl (C=O) groups is 2. The topological polar surface area (TPSA) is 149 Å². The first kappa shape index (κ1) is 27.9. The summed E-state index contributed by atoms with van der Waals surface area (Å²) in [5.41, 5.74) is 12.0. The van der Waals surface area contributed by atoms with E-state index in [-0.39, 0.29) is 22.6 Å². The van der Waals surface area contributed by atoms with Crippen LogP contribution in [0, 0.1) is 13.8 Å². The quantitative estimate of drug-likeness (QED) is 0.129. The van der Waals surface area contributed by atoms with Crippen LogP contribution < -0.4 is 10.9 Å². The molecule has 0 saturated heterocycles. The molecule has 0 atom stereocenters. The summed E-state index contributed by atoms with van der Waals surface area (Å²) in [5.74, 6) is -1.41. The van der Waals surface area contributed by atoms with Crippen LogP contribution in [0.3, 0.4) is 0 Å². The summed E-state index contributed by atoms with van der Waals surface area (Å²) in [7, 11) is 0. The first-order valence-corrected chi connectivity index (χ1v) is 13.1. The monoisotopic (exact) mass is 560 g/mol. The molecule has 10 nitrogen and oxygen atoms in total. The summed E-state index contributed by atoms with van der Waals surface area (Å²) in [5, 5.41) is 28.6. The molecule has 2 amide bonds. The Hall–Kier alpha value is -5.64. The van der Waals surface area contributed by atoms with Gasteiger partial charge in [0, 0.05) is 11.1 Å². The Kier molecular flexibility index (Phi) is 7.61. The summed E-state index contributed by atoms with van der Waals surface area (Å²) in [6.07, 6.45) is 0. The van der Waals surface area contributed by atoms with E-state index < -0.39 is 11.8 Å². The number of phenolic OH excluding ortho intramolecular Hbond substituents is 2. The zero-order valence-corrected chi connectivity index (χ0v) is 23.4. The van der Waals surface area contributed by atoms with Crippen LogP contribution in [-0.2, 0) is 0 Å². The summed E-state index contributed by atoms with van der Waals surface area (Å²) in [6, 6.07) is 19.9. The third-order valence-corrected chi connectivity index (χ3v) is 6.93. The number of aromatic nitrogens is 2. The van der Waals surface area contributed by atoms with E-state index in [4.69, 9.17) is 9.97 Å². The molecule has 0 bridgehead atoms. The van der Waals surface area contributed by atoms with Gasteiger partial charge in [-0.1, -0.05) is 36.4 Å². The fourth-order valence-corrected chi connectivity index (χ4v) is 4.44. The van der Waals surface area contributed by atoms with Crippen LogP contribution in [0.2, 0.25) is 0 Å². The summed E-state index contributed by atoms with van der Waals surface area (Å²) in [6.45, 7) is 7.48. The van der Waals surface area contributed by atoms with E-state index in [1.165, 1.54) is 24.3 Å². The Labute approximate surface area is 241 Å². The molecule has 0 saturated carbocycles. The molecule has 210 valence electrons. The molecule has 10 heteroatoms. The van der Waals surface area contributed by atoms with E-state index in [2.05, 4.69) is 21.1 Å². The molecule has 4 aromatic carbocycles. The highest BCUT2D eigenvalue weighted by atomic mass is 16.3. The lowest BCUT2D eigenvalue weighted by Crippen LogP contribution is -2.20. The number of aromatic hydroxyl groups is 2. The number of phenols is 2. The Morgan fingerprint density at radius 3 is 1.38 bits per heavy atom. The number of hydrazone groups is 2. The van der Waals surface area contributed by atoms with Crippen LogP contribution in [0.1, 0.15) is 56.8 Å². The average Bonchev–Trinajstić information content (AvgIpc) is 2.98. The van der Waals surface area contributed by atoms with Crippen molar-refractivity contribution in [3.8, 4) is 11.5 Å². The van der Waals surface area contributed by atoms with E-state index in [9.17, 15) is 19.8 Å². The van der Waals surface area contributed by atoms with Gasteiger partial charge in [0.05, 0.1) is 44.6 Å². The van der Waals surface area contributed by atoms with Crippen molar-refractivity contribution in [3.05, 3.63) is 106 Å². The number of amides is 2. The largest absolute Gasteiger partial charge is 0.507 e. The van der Waals surface area contributed by atoms with Gasteiger partial charge in [-0.25, -0.2) is 20.8 Å². The fourth-order valence-electron chi connectivity index (χ4n) is 4.44. The second-order valence-electron chi connectivity index (χ2n) is 9.82. The molecular formula is C32H28N6O4. The van der Waals surface area contributed by atoms with Gasteiger partial charge in [0.25, 0.3) is 11.8 Å². The molecule has 0 spiro atoms. The number of carbonyl (C=O) groups excluding carboxylic acids is 2. The molecule has 0 radical (unpaired) electrons. The van der Waals surface area contributed by atoms with Crippen molar-refractivity contribution < 1.29 is 19.8 Å². The minimum atomic E-state index is -0.556. The normalized spacial score (nSPS) is 12.0. The number of nitrogens with one attached hydrogen (secondary N) is 2. The number of para-hydroxylation sites is 2. The number of rotatable bonds is 6. The summed E-state index contributed by atoms with van der Waals surface area (Å²) >= 11 is 0. The van der Waals surface area contributed by atoms with E-state index >= 15 is 0 Å².